The summed E-state index contributed by atoms with van der Waals surface area (Å²) in [6.07, 6.45) is 0. The van der Waals surface area contributed by atoms with Gasteiger partial charge in [-0.25, -0.2) is 0 Å². The molecule has 0 aromatic heterocycles. The molecule has 110 valence electrons. The average Bonchev–Trinajstić information content (AvgIpc) is 2.38. The lowest BCUT2D eigenvalue weighted by Gasteiger charge is -2.30. The van der Waals surface area contributed by atoms with Crippen molar-refractivity contribution in [1.82, 2.24) is 20.0 Å². The minimum Gasteiger partial charge on any atom is -0.342 e. The molecule has 0 bridgehead atoms. The zero-order valence-corrected chi connectivity index (χ0v) is 12.5. The second-order valence-electron chi connectivity index (χ2n) is 5.40. The average molecular weight is 270 g/mol. The minimum atomic E-state index is 0.0469. The number of likely N-dealkylation sites (N-methyl/N-ethyl adjacent to an activating group) is 2. The molecule has 0 unspecified atom stereocenters. The van der Waals surface area contributed by atoms with Crippen LogP contribution in [0.25, 0.3) is 0 Å². The number of hydrogen-bond donors (Lipinski definition) is 1. The van der Waals surface area contributed by atoms with Gasteiger partial charge < -0.3 is 15.1 Å². The SMILES string of the molecule is CC(C)N(C)C(=O)CN(C)CC(=O)N1CCNCC1. The van der Waals surface area contributed by atoms with Crippen molar-refractivity contribution < 1.29 is 9.59 Å². The summed E-state index contributed by atoms with van der Waals surface area (Å²) in [6, 6.07) is 0.185. The molecule has 0 aromatic rings. The fourth-order valence-corrected chi connectivity index (χ4v) is 1.93. The van der Waals surface area contributed by atoms with Crippen LogP contribution in [0, 0.1) is 0 Å². The highest BCUT2D eigenvalue weighted by Gasteiger charge is 2.20. The maximum absolute atomic E-state index is 12.0. The van der Waals surface area contributed by atoms with Crippen LogP contribution in [0.4, 0.5) is 0 Å². The van der Waals surface area contributed by atoms with Crippen LogP contribution in [0.2, 0.25) is 0 Å². The van der Waals surface area contributed by atoms with Crippen LogP contribution in [-0.2, 0) is 9.59 Å². The van der Waals surface area contributed by atoms with E-state index in [4.69, 9.17) is 0 Å². The van der Waals surface area contributed by atoms with Gasteiger partial charge in [-0.3, -0.25) is 14.5 Å². The van der Waals surface area contributed by atoms with Gasteiger partial charge in [-0.15, -0.1) is 0 Å². The Labute approximate surface area is 115 Å². The van der Waals surface area contributed by atoms with Crippen LogP contribution in [0.5, 0.6) is 0 Å². The predicted octanol–water partition coefficient (Wildman–Crippen LogP) is -0.783. The van der Waals surface area contributed by atoms with E-state index < -0.39 is 0 Å². The number of nitrogens with one attached hydrogen (secondary N) is 1. The molecule has 19 heavy (non-hydrogen) atoms. The highest BCUT2D eigenvalue weighted by molar-refractivity contribution is 5.81. The van der Waals surface area contributed by atoms with Crippen LogP contribution in [0.3, 0.4) is 0 Å². The topological polar surface area (TPSA) is 55.9 Å². The van der Waals surface area contributed by atoms with Crippen molar-refractivity contribution >= 4 is 11.8 Å². The Morgan fingerprint density at radius 1 is 1.16 bits per heavy atom. The molecule has 0 spiro atoms. The normalized spacial score (nSPS) is 16.0. The van der Waals surface area contributed by atoms with E-state index in [1.807, 2.05) is 25.8 Å². The van der Waals surface area contributed by atoms with E-state index in [-0.39, 0.29) is 24.4 Å². The van der Waals surface area contributed by atoms with E-state index in [9.17, 15) is 9.59 Å². The minimum absolute atomic E-state index is 0.0469. The first-order valence-electron chi connectivity index (χ1n) is 6.84. The lowest BCUT2D eigenvalue weighted by Crippen LogP contribution is -2.50. The zero-order chi connectivity index (χ0) is 14.4. The molecule has 0 aliphatic carbocycles. The van der Waals surface area contributed by atoms with E-state index in [2.05, 4.69) is 5.32 Å². The Hall–Kier alpha value is -1.14. The molecule has 1 fully saturated rings. The third kappa shape index (κ3) is 5.16. The van der Waals surface area contributed by atoms with Gasteiger partial charge >= 0.3 is 0 Å². The van der Waals surface area contributed by atoms with Gasteiger partial charge in [-0.1, -0.05) is 0 Å². The summed E-state index contributed by atoms with van der Waals surface area (Å²) in [7, 11) is 3.60. The van der Waals surface area contributed by atoms with Crippen molar-refractivity contribution in [3.05, 3.63) is 0 Å². The van der Waals surface area contributed by atoms with Crippen LogP contribution in [-0.4, -0.2) is 85.9 Å². The van der Waals surface area contributed by atoms with E-state index in [0.29, 0.717) is 6.54 Å². The van der Waals surface area contributed by atoms with Crippen molar-refractivity contribution in [3.63, 3.8) is 0 Å². The van der Waals surface area contributed by atoms with Crippen molar-refractivity contribution in [3.8, 4) is 0 Å². The van der Waals surface area contributed by atoms with Crippen molar-refractivity contribution in [2.75, 3.05) is 53.4 Å². The molecule has 1 aliphatic heterocycles. The molecule has 0 aromatic carbocycles. The molecule has 1 heterocycles. The third-order valence-electron chi connectivity index (χ3n) is 3.45. The fraction of sp³-hybridized carbons (Fsp3) is 0.846. The van der Waals surface area contributed by atoms with Crippen molar-refractivity contribution in [2.24, 2.45) is 0 Å². The summed E-state index contributed by atoms with van der Waals surface area (Å²) < 4.78 is 0. The largest absolute Gasteiger partial charge is 0.342 e. The smallest absolute Gasteiger partial charge is 0.236 e. The lowest BCUT2D eigenvalue weighted by atomic mass is 10.3. The summed E-state index contributed by atoms with van der Waals surface area (Å²) in [5.74, 6) is 0.148. The fourth-order valence-electron chi connectivity index (χ4n) is 1.93. The highest BCUT2D eigenvalue weighted by atomic mass is 16.2. The maximum Gasteiger partial charge on any atom is 0.236 e. The first kappa shape index (κ1) is 15.9. The molecule has 0 atom stereocenters. The Bertz CT molecular complexity index is 314. The molecule has 1 N–H and O–H groups in total. The summed E-state index contributed by atoms with van der Waals surface area (Å²) in [5.41, 5.74) is 0. The van der Waals surface area contributed by atoms with Crippen molar-refractivity contribution in [2.45, 2.75) is 19.9 Å². The van der Waals surface area contributed by atoms with Gasteiger partial charge in [0.05, 0.1) is 13.1 Å². The summed E-state index contributed by atoms with van der Waals surface area (Å²) in [4.78, 5) is 29.3. The molecule has 1 aliphatic rings. The summed E-state index contributed by atoms with van der Waals surface area (Å²) in [6.45, 7) is 7.76. The highest BCUT2D eigenvalue weighted by Crippen LogP contribution is 1.98. The van der Waals surface area contributed by atoms with Gasteiger partial charge in [0.15, 0.2) is 0 Å². The van der Waals surface area contributed by atoms with Gasteiger partial charge in [0.1, 0.15) is 0 Å². The van der Waals surface area contributed by atoms with Crippen LogP contribution in [0.15, 0.2) is 0 Å². The number of carbonyl (C=O) groups is 2. The second kappa shape index (κ2) is 7.45. The van der Waals surface area contributed by atoms with Crippen molar-refractivity contribution in [1.29, 1.82) is 0 Å². The third-order valence-corrected chi connectivity index (χ3v) is 3.45. The monoisotopic (exact) mass is 270 g/mol. The second-order valence-corrected chi connectivity index (χ2v) is 5.40. The molecule has 0 radical (unpaired) electrons. The quantitative estimate of drug-likeness (QED) is 0.712. The molecule has 1 rings (SSSR count). The molecule has 1 saturated heterocycles. The van der Waals surface area contributed by atoms with Crippen LogP contribution >= 0.6 is 0 Å². The Morgan fingerprint density at radius 3 is 2.26 bits per heavy atom. The van der Waals surface area contributed by atoms with E-state index >= 15 is 0 Å². The number of amides is 2. The van der Waals surface area contributed by atoms with Gasteiger partial charge in [-0.2, -0.15) is 0 Å². The van der Waals surface area contributed by atoms with E-state index in [1.165, 1.54) is 0 Å². The van der Waals surface area contributed by atoms with Gasteiger partial charge in [0.2, 0.25) is 11.8 Å². The predicted molar refractivity (Wildman–Crippen MR) is 74.9 cm³/mol. The molecular weight excluding hydrogens is 244 g/mol. The molecule has 6 heteroatoms. The van der Waals surface area contributed by atoms with Crippen LogP contribution < -0.4 is 5.32 Å². The van der Waals surface area contributed by atoms with E-state index in [1.54, 1.807) is 16.8 Å². The molecule has 0 saturated carbocycles. The number of nitrogens with zero attached hydrogens (tertiary/aromatic N) is 3. The first-order chi connectivity index (χ1) is 8.91. The molecule has 6 nitrogen and oxygen atoms in total. The van der Waals surface area contributed by atoms with E-state index in [0.717, 1.165) is 26.2 Å². The summed E-state index contributed by atoms with van der Waals surface area (Å²) in [5, 5.41) is 3.21. The number of piperazine rings is 1. The molecule has 2 amide bonds. The first-order valence-corrected chi connectivity index (χ1v) is 6.84. The summed E-state index contributed by atoms with van der Waals surface area (Å²) >= 11 is 0. The number of rotatable bonds is 5. The number of carbonyl (C=O) groups excluding carboxylic acids is 2. The Kier molecular flexibility index (Phi) is 6.24. The van der Waals surface area contributed by atoms with Crippen LogP contribution in [0.1, 0.15) is 13.8 Å². The standard InChI is InChI=1S/C13H26N4O2/c1-11(2)16(4)12(18)9-15(3)10-13(19)17-7-5-14-6-8-17/h11,14H,5-10H2,1-4H3. The zero-order valence-electron chi connectivity index (χ0n) is 12.5. The number of hydrogen-bond acceptors (Lipinski definition) is 4. The Morgan fingerprint density at radius 2 is 1.74 bits per heavy atom. The maximum atomic E-state index is 12.0. The Balaban J connectivity index is 2.35. The lowest BCUT2D eigenvalue weighted by molar-refractivity contribution is -0.135. The molecular formula is C13H26N4O2. The van der Waals surface area contributed by atoms with Gasteiger partial charge in [-0.05, 0) is 20.9 Å². The van der Waals surface area contributed by atoms with Gasteiger partial charge in [0, 0.05) is 39.3 Å². The van der Waals surface area contributed by atoms with Gasteiger partial charge in [0.25, 0.3) is 0 Å².